The SMILES string of the molecule is Cl.NS(=O)(=O)c1sccc1Cl. The second-order valence-corrected chi connectivity index (χ2v) is 4.68. The molecule has 0 aromatic carbocycles. The summed E-state index contributed by atoms with van der Waals surface area (Å²) >= 11 is 6.49. The lowest BCUT2D eigenvalue weighted by Gasteiger charge is -1.90. The molecule has 0 spiro atoms. The van der Waals surface area contributed by atoms with Gasteiger partial charge in [-0.3, -0.25) is 0 Å². The normalized spacial score (nSPS) is 10.7. The van der Waals surface area contributed by atoms with E-state index in [1.165, 1.54) is 6.07 Å². The predicted molar refractivity (Wildman–Crippen MR) is 48.0 cm³/mol. The van der Waals surface area contributed by atoms with Crippen molar-refractivity contribution in [1.82, 2.24) is 0 Å². The molecule has 1 aromatic heterocycles. The van der Waals surface area contributed by atoms with Crippen molar-refractivity contribution in [1.29, 1.82) is 0 Å². The largest absolute Gasteiger partial charge is 0.249 e. The van der Waals surface area contributed by atoms with Gasteiger partial charge in [-0.15, -0.1) is 23.7 Å². The highest BCUT2D eigenvalue weighted by Gasteiger charge is 2.13. The van der Waals surface area contributed by atoms with Crippen LogP contribution in [-0.2, 0) is 10.0 Å². The van der Waals surface area contributed by atoms with E-state index in [9.17, 15) is 8.42 Å². The van der Waals surface area contributed by atoms with Crippen LogP contribution in [0.15, 0.2) is 15.7 Å². The van der Waals surface area contributed by atoms with Gasteiger partial charge in [0.2, 0.25) is 10.0 Å². The maximum Gasteiger partial charge on any atom is 0.249 e. The smallest absolute Gasteiger partial charge is 0.224 e. The Kier molecular flexibility index (Phi) is 3.79. The zero-order chi connectivity index (χ0) is 7.78. The van der Waals surface area contributed by atoms with Gasteiger partial charge in [-0.2, -0.15) is 0 Å². The van der Waals surface area contributed by atoms with Gasteiger partial charge < -0.3 is 0 Å². The van der Waals surface area contributed by atoms with Crippen LogP contribution in [0.3, 0.4) is 0 Å². The molecule has 64 valence electrons. The van der Waals surface area contributed by atoms with Crippen LogP contribution in [0.25, 0.3) is 0 Å². The molecule has 2 N–H and O–H groups in total. The molecule has 1 aromatic rings. The van der Waals surface area contributed by atoms with E-state index >= 15 is 0 Å². The quantitative estimate of drug-likeness (QED) is 0.799. The minimum atomic E-state index is -3.60. The molecule has 1 heterocycles. The van der Waals surface area contributed by atoms with Crippen molar-refractivity contribution in [3.8, 4) is 0 Å². The summed E-state index contributed by atoms with van der Waals surface area (Å²) in [5.41, 5.74) is 0. The van der Waals surface area contributed by atoms with Crippen molar-refractivity contribution in [2.75, 3.05) is 0 Å². The van der Waals surface area contributed by atoms with Gasteiger partial charge in [-0.05, 0) is 11.4 Å². The average molecular weight is 234 g/mol. The number of primary sulfonamides is 1. The maximum absolute atomic E-state index is 10.6. The van der Waals surface area contributed by atoms with Crippen molar-refractivity contribution in [2.45, 2.75) is 4.21 Å². The molecule has 0 unspecified atom stereocenters. The fourth-order valence-electron chi connectivity index (χ4n) is 0.483. The summed E-state index contributed by atoms with van der Waals surface area (Å²) in [4.78, 5) is 0. The Morgan fingerprint density at radius 1 is 1.55 bits per heavy atom. The fraction of sp³-hybridized carbons (Fsp3) is 0. The Balaban J connectivity index is 0.000001000. The van der Waals surface area contributed by atoms with Gasteiger partial charge in [-0.25, -0.2) is 13.6 Å². The first-order chi connectivity index (χ1) is 4.52. The molecule has 0 radical (unpaired) electrons. The van der Waals surface area contributed by atoms with E-state index in [2.05, 4.69) is 0 Å². The van der Waals surface area contributed by atoms with Gasteiger partial charge in [0.05, 0.1) is 5.02 Å². The molecule has 0 saturated carbocycles. The second-order valence-electron chi connectivity index (χ2n) is 1.60. The van der Waals surface area contributed by atoms with Crippen molar-refractivity contribution in [3.05, 3.63) is 16.5 Å². The van der Waals surface area contributed by atoms with E-state index in [1.54, 1.807) is 5.38 Å². The van der Waals surface area contributed by atoms with Crippen molar-refractivity contribution >= 4 is 45.4 Å². The molecule has 0 bridgehead atoms. The van der Waals surface area contributed by atoms with Crippen LogP contribution in [0, 0.1) is 0 Å². The molecule has 0 fully saturated rings. The number of thiophene rings is 1. The van der Waals surface area contributed by atoms with Crippen LogP contribution in [0.2, 0.25) is 5.02 Å². The highest BCUT2D eigenvalue weighted by Crippen LogP contribution is 2.25. The van der Waals surface area contributed by atoms with Gasteiger partial charge >= 0.3 is 0 Å². The first-order valence-corrected chi connectivity index (χ1v) is 5.08. The van der Waals surface area contributed by atoms with E-state index in [-0.39, 0.29) is 21.6 Å². The highest BCUT2D eigenvalue weighted by molar-refractivity contribution is 7.91. The topological polar surface area (TPSA) is 60.2 Å². The van der Waals surface area contributed by atoms with E-state index in [4.69, 9.17) is 16.7 Å². The summed E-state index contributed by atoms with van der Waals surface area (Å²) in [6.45, 7) is 0. The minimum absolute atomic E-state index is 0. The Labute approximate surface area is 79.6 Å². The van der Waals surface area contributed by atoms with Crippen LogP contribution < -0.4 is 5.14 Å². The molecule has 3 nitrogen and oxygen atoms in total. The third-order valence-electron chi connectivity index (χ3n) is 0.843. The summed E-state index contributed by atoms with van der Waals surface area (Å²) in [6, 6.07) is 1.49. The molecule has 0 aliphatic carbocycles. The third-order valence-corrected chi connectivity index (χ3v) is 3.81. The molecule has 0 saturated heterocycles. The Morgan fingerprint density at radius 2 is 2.09 bits per heavy atom. The predicted octanol–water partition coefficient (Wildman–Crippen LogP) is 1.47. The molecule has 0 aliphatic heterocycles. The highest BCUT2D eigenvalue weighted by atomic mass is 35.5. The number of nitrogens with two attached hydrogens (primary N) is 1. The van der Waals surface area contributed by atoms with Crippen LogP contribution in [0.4, 0.5) is 0 Å². The zero-order valence-corrected chi connectivity index (χ0v) is 8.36. The van der Waals surface area contributed by atoms with Gasteiger partial charge in [0.25, 0.3) is 0 Å². The summed E-state index contributed by atoms with van der Waals surface area (Å²) in [7, 11) is -3.60. The third kappa shape index (κ3) is 2.61. The Hall–Kier alpha value is 0.190. The standard InChI is InChI=1S/C4H4ClNO2S2.ClH/c5-3-1-2-9-4(3)10(6,7)8;/h1-2H,(H2,6,7,8);1H. The van der Waals surface area contributed by atoms with Crippen LogP contribution in [0.5, 0.6) is 0 Å². The lowest BCUT2D eigenvalue weighted by molar-refractivity contribution is 0.600. The lowest BCUT2D eigenvalue weighted by Crippen LogP contribution is -2.10. The molecule has 0 amide bonds. The molecule has 1 rings (SSSR count). The summed E-state index contributed by atoms with van der Waals surface area (Å²) in [5, 5.41) is 6.56. The molecule has 11 heavy (non-hydrogen) atoms. The van der Waals surface area contributed by atoms with Crippen LogP contribution in [0.1, 0.15) is 0 Å². The van der Waals surface area contributed by atoms with Gasteiger partial charge in [-0.1, -0.05) is 11.6 Å². The average Bonchev–Trinajstić information content (AvgIpc) is 2.11. The fourth-order valence-corrected chi connectivity index (χ4v) is 2.63. The summed E-state index contributed by atoms with van der Waals surface area (Å²) in [5.74, 6) is 0. The lowest BCUT2D eigenvalue weighted by atomic mass is 10.7. The van der Waals surface area contributed by atoms with Gasteiger partial charge in [0.1, 0.15) is 0 Å². The van der Waals surface area contributed by atoms with Gasteiger partial charge in [0, 0.05) is 0 Å². The zero-order valence-electron chi connectivity index (χ0n) is 5.15. The maximum atomic E-state index is 10.6. The molecular weight excluding hydrogens is 229 g/mol. The van der Waals surface area contributed by atoms with Gasteiger partial charge in [0.15, 0.2) is 4.21 Å². The van der Waals surface area contributed by atoms with E-state index in [1.807, 2.05) is 0 Å². The Morgan fingerprint density at radius 3 is 2.27 bits per heavy atom. The van der Waals surface area contributed by atoms with Crippen molar-refractivity contribution in [3.63, 3.8) is 0 Å². The number of hydrogen-bond donors (Lipinski definition) is 1. The van der Waals surface area contributed by atoms with E-state index < -0.39 is 10.0 Å². The number of hydrogen-bond acceptors (Lipinski definition) is 3. The minimum Gasteiger partial charge on any atom is -0.224 e. The van der Waals surface area contributed by atoms with Crippen molar-refractivity contribution < 1.29 is 8.42 Å². The monoisotopic (exact) mass is 233 g/mol. The Bertz CT molecular complexity index is 332. The van der Waals surface area contributed by atoms with Crippen LogP contribution in [-0.4, -0.2) is 8.42 Å². The van der Waals surface area contributed by atoms with E-state index in [0.717, 1.165) is 11.3 Å². The first-order valence-electron chi connectivity index (χ1n) is 2.27. The summed E-state index contributed by atoms with van der Waals surface area (Å²) < 4.78 is 21.3. The molecule has 0 aliphatic rings. The number of rotatable bonds is 1. The van der Waals surface area contributed by atoms with Crippen molar-refractivity contribution in [2.24, 2.45) is 5.14 Å². The molecule has 7 heteroatoms. The first kappa shape index (κ1) is 11.2. The molecule has 0 atom stereocenters. The van der Waals surface area contributed by atoms with Crippen LogP contribution >= 0.6 is 35.3 Å². The van der Waals surface area contributed by atoms with E-state index in [0.29, 0.717) is 0 Å². The number of halogens is 2. The second kappa shape index (κ2) is 3.73. The molecular formula is C4H5Cl2NO2S2. The summed E-state index contributed by atoms with van der Waals surface area (Å²) in [6.07, 6.45) is 0. The number of sulfonamides is 1.